The zero-order valence-corrected chi connectivity index (χ0v) is 6.54. The zero-order valence-electron chi connectivity index (χ0n) is 6.54. The molecule has 1 heterocycles. The van der Waals surface area contributed by atoms with Crippen LogP contribution in [0.5, 0.6) is 0 Å². The first kappa shape index (κ1) is 6.62. The molecular weight excluding hydrogens is 128 g/mol. The van der Waals surface area contributed by atoms with Crippen LogP contribution in [-0.2, 0) is 9.47 Å². The van der Waals surface area contributed by atoms with Crippen molar-refractivity contribution in [3.8, 4) is 0 Å². The van der Waals surface area contributed by atoms with E-state index in [1.54, 1.807) is 0 Å². The Balaban J connectivity index is 1.85. The molecule has 58 valence electrons. The molecule has 4 unspecified atom stereocenters. The van der Waals surface area contributed by atoms with Crippen LogP contribution < -0.4 is 0 Å². The Bertz CT molecular complexity index is 135. The highest BCUT2D eigenvalue weighted by molar-refractivity contribution is 4.87. The molecule has 0 aromatic rings. The molecule has 1 saturated heterocycles. The number of rotatable bonds is 1. The Morgan fingerprint density at radius 1 is 1.30 bits per heavy atom. The molecule has 4 atom stereocenters. The molecule has 0 aromatic carbocycles. The van der Waals surface area contributed by atoms with E-state index in [2.05, 4.69) is 13.8 Å². The third kappa shape index (κ3) is 1.06. The van der Waals surface area contributed by atoms with E-state index in [-0.39, 0.29) is 6.29 Å². The highest BCUT2D eigenvalue weighted by Crippen LogP contribution is 2.43. The molecule has 0 amide bonds. The van der Waals surface area contributed by atoms with Gasteiger partial charge in [0.25, 0.3) is 0 Å². The summed E-state index contributed by atoms with van der Waals surface area (Å²) in [4.78, 5) is 0. The van der Waals surface area contributed by atoms with Gasteiger partial charge in [0.05, 0.1) is 12.7 Å². The van der Waals surface area contributed by atoms with Crippen molar-refractivity contribution in [2.45, 2.75) is 32.7 Å². The Kier molecular flexibility index (Phi) is 1.46. The van der Waals surface area contributed by atoms with Crippen LogP contribution in [0.1, 0.15) is 20.3 Å². The average molecular weight is 142 g/mol. The smallest absolute Gasteiger partial charge is 0.161 e. The number of hydrogen-bond donors (Lipinski definition) is 0. The van der Waals surface area contributed by atoms with E-state index in [1.807, 2.05) is 0 Å². The minimum absolute atomic E-state index is 0.130. The predicted molar refractivity (Wildman–Crippen MR) is 37.6 cm³/mol. The van der Waals surface area contributed by atoms with Gasteiger partial charge in [-0.15, -0.1) is 0 Å². The van der Waals surface area contributed by atoms with Crippen LogP contribution in [0, 0.1) is 11.8 Å². The van der Waals surface area contributed by atoms with Crippen LogP contribution in [-0.4, -0.2) is 19.0 Å². The molecule has 0 bridgehead atoms. The molecule has 2 rings (SSSR count). The highest BCUT2D eigenvalue weighted by atomic mass is 16.7. The molecule has 0 aromatic heterocycles. The number of ether oxygens (including phenoxy) is 2. The fourth-order valence-electron chi connectivity index (χ4n) is 1.49. The first-order valence-electron chi connectivity index (χ1n) is 4.04. The Morgan fingerprint density at radius 2 is 2.00 bits per heavy atom. The Labute approximate surface area is 61.5 Å². The second-order valence-corrected chi connectivity index (χ2v) is 3.53. The van der Waals surface area contributed by atoms with E-state index in [1.165, 1.54) is 6.42 Å². The van der Waals surface area contributed by atoms with Crippen molar-refractivity contribution in [1.82, 2.24) is 0 Å². The van der Waals surface area contributed by atoms with Crippen molar-refractivity contribution in [1.29, 1.82) is 0 Å². The molecule has 2 heteroatoms. The molecule has 0 N–H and O–H groups in total. The summed E-state index contributed by atoms with van der Waals surface area (Å²) in [5, 5.41) is 0. The fraction of sp³-hybridized carbons (Fsp3) is 1.00. The lowest BCUT2D eigenvalue weighted by atomic mass is 10.3. The highest BCUT2D eigenvalue weighted by Gasteiger charge is 2.43. The maximum absolute atomic E-state index is 5.53. The van der Waals surface area contributed by atoms with Gasteiger partial charge in [-0.05, 0) is 19.3 Å². The summed E-state index contributed by atoms with van der Waals surface area (Å²) in [5.41, 5.74) is 0. The third-order valence-corrected chi connectivity index (χ3v) is 2.38. The van der Waals surface area contributed by atoms with Crippen LogP contribution in [0.3, 0.4) is 0 Å². The summed E-state index contributed by atoms with van der Waals surface area (Å²) in [6.07, 6.45) is 1.74. The molecule has 0 spiro atoms. The molecule has 0 radical (unpaired) electrons. The molecule has 1 aliphatic carbocycles. The van der Waals surface area contributed by atoms with Gasteiger partial charge in [-0.1, -0.05) is 6.92 Å². The second kappa shape index (κ2) is 2.21. The van der Waals surface area contributed by atoms with Crippen LogP contribution in [0.2, 0.25) is 0 Å². The molecule has 10 heavy (non-hydrogen) atoms. The van der Waals surface area contributed by atoms with Gasteiger partial charge in [-0.3, -0.25) is 0 Å². The third-order valence-electron chi connectivity index (χ3n) is 2.38. The topological polar surface area (TPSA) is 18.5 Å². The van der Waals surface area contributed by atoms with Gasteiger partial charge in [-0.25, -0.2) is 0 Å². The van der Waals surface area contributed by atoms with E-state index >= 15 is 0 Å². The molecule has 2 nitrogen and oxygen atoms in total. The lowest BCUT2D eigenvalue weighted by Crippen LogP contribution is -2.12. The molecule has 1 saturated carbocycles. The summed E-state index contributed by atoms with van der Waals surface area (Å²) < 4.78 is 11.0. The summed E-state index contributed by atoms with van der Waals surface area (Å²) in [6, 6.07) is 0. The lowest BCUT2D eigenvalue weighted by Gasteiger charge is -2.07. The quantitative estimate of drug-likeness (QED) is 0.551. The SMILES string of the molecule is CC1COC(C2CC2C)O1. The van der Waals surface area contributed by atoms with Gasteiger partial charge in [-0.2, -0.15) is 0 Å². The Morgan fingerprint density at radius 3 is 2.40 bits per heavy atom. The van der Waals surface area contributed by atoms with E-state index < -0.39 is 0 Å². The second-order valence-electron chi connectivity index (χ2n) is 3.53. The van der Waals surface area contributed by atoms with E-state index in [9.17, 15) is 0 Å². The zero-order chi connectivity index (χ0) is 7.14. The van der Waals surface area contributed by atoms with Crippen LogP contribution >= 0.6 is 0 Å². The first-order valence-corrected chi connectivity index (χ1v) is 4.04. The summed E-state index contributed by atoms with van der Waals surface area (Å²) in [6.45, 7) is 5.10. The molecule has 1 aliphatic heterocycles. The van der Waals surface area contributed by atoms with Gasteiger partial charge >= 0.3 is 0 Å². The van der Waals surface area contributed by atoms with Gasteiger partial charge in [0.2, 0.25) is 0 Å². The lowest BCUT2D eigenvalue weighted by molar-refractivity contribution is -0.0722. The van der Waals surface area contributed by atoms with Gasteiger partial charge in [0, 0.05) is 5.92 Å². The molecule has 2 fully saturated rings. The van der Waals surface area contributed by atoms with Crippen molar-refractivity contribution in [2.75, 3.05) is 6.61 Å². The maximum atomic E-state index is 5.53. The molecule has 2 aliphatic rings. The largest absolute Gasteiger partial charge is 0.350 e. The first-order chi connectivity index (χ1) is 4.77. The minimum Gasteiger partial charge on any atom is -0.350 e. The van der Waals surface area contributed by atoms with Gasteiger partial charge in [0.15, 0.2) is 6.29 Å². The predicted octanol–water partition coefficient (Wildman–Crippen LogP) is 1.40. The maximum Gasteiger partial charge on any atom is 0.161 e. The summed E-state index contributed by atoms with van der Waals surface area (Å²) >= 11 is 0. The number of hydrogen-bond acceptors (Lipinski definition) is 2. The van der Waals surface area contributed by atoms with Crippen molar-refractivity contribution in [3.05, 3.63) is 0 Å². The van der Waals surface area contributed by atoms with Crippen LogP contribution in [0.15, 0.2) is 0 Å². The fourth-order valence-corrected chi connectivity index (χ4v) is 1.49. The summed E-state index contributed by atoms with van der Waals surface area (Å²) in [5.74, 6) is 1.53. The van der Waals surface area contributed by atoms with E-state index in [0.717, 1.165) is 12.5 Å². The Hall–Kier alpha value is -0.0800. The van der Waals surface area contributed by atoms with E-state index in [4.69, 9.17) is 9.47 Å². The monoisotopic (exact) mass is 142 g/mol. The summed E-state index contributed by atoms with van der Waals surface area (Å²) in [7, 11) is 0. The van der Waals surface area contributed by atoms with Gasteiger partial charge < -0.3 is 9.47 Å². The van der Waals surface area contributed by atoms with Crippen molar-refractivity contribution in [2.24, 2.45) is 11.8 Å². The van der Waals surface area contributed by atoms with Gasteiger partial charge in [0.1, 0.15) is 0 Å². The standard InChI is InChI=1S/C8H14O2/c1-5-3-7(5)8-9-4-6(2)10-8/h5-8H,3-4H2,1-2H3. The van der Waals surface area contributed by atoms with Crippen molar-refractivity contribution >= 4 is 0 Å². The minimum atomic E-state index is 0.130. The van der Waals surface area contributed by atoms with Crippen LogP contribution in [0.4, 0.5) is 0 Å². The van der Waals surface area contributed by atoms with E-state index in [0.29, 0.717) is 12.0 Å². The average Bonchev–Trinajstić information content (AvgIpc) is 2.42. The normalized spacial score (nSPS) is 53.4. The van der Waals surface area contributed by atoms with Crippen LogP contribution in [0.25, 0.3) is 0 Å². The van der Waals surface area contributed by atoms with Crippen molar-refractivity contribution < 1.29 is 9.47 Å². The molecular formula is C8H14O2. The van der Waals surface area contributed by atoms with Crippen molar-refractivity contribution in [3.63, 3.8) is 0 Å².